The molecule has 0 bridgehead atoms. The summed E-state index contributed by atoms with van der Waals surface area (Å²) in [6.07, 6.45) is 0.455. The largest absolute Gasteiger partial charge is 0.504 e. The van der Waals surface area contributed by atoms with E-state index in [2.05, 4.69) is 0 Å². The minimum Gasteiger partial charge on any atom is -0.504 e. The van der Waals surface area contributed by atoms with Crippen LogP contribution in [0, 0.1) is 11.6 Å². The first-order valence-electron chi connectivity index (χ1n) is 4.35. The van der Waals surface area contributed by atoms with Crippen LogP contribution in [0.4, 0.5) is 8.78 Å². The third-order valence-electron chi connectivity index (χ3n) is 2.04. The molecule has 0 spiro atoms. The summed E-state index contributed by atoms with van der Waals surface area (Å²) in [5, 5.41) is 9.37. The van der Waals surface area contributed by atoms with Gasteiger partial charge in [0.05, 0.1) is 5.56 Å². The van der Waals surface area contributed by atoms with E-state index in [4.69, 9.17) is 4.42 Å². The quantitative estimate of drug-likeness (QED) is 0.798. The van der Waals surface area contributed by atoms with Crippen LogP contribution in [0.2, 0.25) is 0 Å². The second-order valence-corrected chi connectivity index (χ2v) is 3.10. The second-order valence-electron chi connectivity index (χ2n) is 3.10. The van der Waals surface area contributed by atoms with Crippen LogP contribution < -0.4 is 0 Å². The number of carbonyl (C=O) groups excluding carboxylic acids is 1. The number of rotatable bonds is 2. The number of hydrogen-bond donors (Lipinski definition) is 1. The molecule has 0 saturated carbocycles. The summed E-state index contributed by atoms with van der Waals surface area (Å²) in [6.45, 7) is 0. The van der Waals surface area contributed by atoms with Crippen LogP contribution in [0.1, 0.15) is 10.6 Å². The molecule has 1 aromatic carbocycles. The molecule has 16 heavy (non-hydrogen) atoms. The average Bonchev–Trinajstić information content (AvgIpc) is 2.71. The van der Waals surface area contributed by atoms with Gasteiger partial charge in [0.2, 0.25) is 0 Å². The van der Waals surface area contributed by atoms with Gasteiger partial charge < -0.3 is 9.52 Å². The Morgan fingerprint density at radius 1 is 1.25 bits per heavy atom. The number of hydrogen-bond acceptors (Lipinski definition) is 3. The van der Waals surface area contributed by atoms with Gasteiger partial charge in [0.15, 0.2) is 23.6 Å². The average molecular weight is 224 g/mol. The van der Waals surface area contributed by atoms with Crippen molar-refractivity contribution in [1.82, 2.24) is 0 Å². The molecule has 82 valence electrons. The lowest BCUT2D eigenvalue weighted by Gasteiger charge is -2.02. The molecular formula is C11H6F2O3. The summed E-state index contributed by atoms with van der Waals surface area (Å²) in [4.78, 5) is 10.4. The second kappa shape index (κ2) is 3.77. The van der Waals surface area contributed by atoms with E-state index in [1.807, 2.05) is 0 Å². The summed E-state index contributed by atoms with van der Waals surface area (Å²) < 4.78 is 30.9. The molecule has 5 heteroatoms. The van der Waals surface area contributed by atoms with Crippen molar-refractivity contribution in [3.63, 3.8) is 0 Å². The van der Waals surface area contributed by atoms with Gasteiger partial charge in [-0.05, 0) is 18.2 Å². The molecule has 0 aliphatic heterocycles. The van der Waals surface area contributed by atoms with Gasteiger partial charge in [-0.15, -0.1) is 0 Å². The number of carbonyl (C=O) groups is 1. The van der Waals surface area contributed by atoms with E-state index in [1.54, 1.807) is 0 Å². The lowest BCUT2D eigenvalue weighted by atomic mass is 10.1. The molecule has 0 aliphatic carbocycles. The maximum absolute atomic E-state index is 13.0. The molecule has 0 unspecified atom stereocenters. The molecule has 0 aliphatic rings. The number of aromatic hydroxyl groups is 1. The Balaban J connectivity index is 2.58. The molecule has 1 heterocycles. The van der Waals surface area contributed by atoms with Crippen molar-refractivity contribution in [3.05, 3.63) is 41.7 Å². The fraction of sp³-hybridized carbons (Fsp3) is 0. The van der Waals surface area contributed by atoms with Gasteiger partial charge >= 0.3 is 0 Å². The van der Waals surface area contributed by atoms with Gasteiger partial charge in [0.25, 0.3) is 0 Å². The van der Waals surface area contributed by atoms with Gasteiger partial charge in [0, 0.05) is 6.07 Å². The first-order chi connectivity index (χ1) is 7.61. The topological polar surface area (TPSA) is 50.4 Å². The van der Waals surface area contributed by atoms with Crippen molar-refractivity contribution in [2.45, 2.75) is 0 Å². The van der Waals surface area contributed by atoms with Crippen molar-refractivity contribution in [2.75, 3.05) is 0 Å². The van der Waals surface area contributed by atoms with E-state index >= 15 is 0 Å². The van der Waals surface area contributed by atoms with Crippen LogP contribution in [0.3, 0.4) is 0 Å². The first-order valence-corrected chi connectivity index (χ1v) is 4.35. The Labute approximate surface area is 88.9 Å². The van der Waals surface area contributed by atoms with Gasteiger partial charge in [-0.2, -0.15) is 0 Å². The zero-order valence-electron chi connectivity index (χ0n) is 7.91. The van der Waals surface area contributed by atoms with Crippen LogP contribution in [0.5, 0.6) is 5.75 Å². The molecule has 0 saturated heterocycles. The molecular weight excluding hydrogens is 218 g/mol. The zero-order chi connectivity index (χ0) is 11.7. The Hall–Kier alpha value is -2.17. The summed E-state index contributed by atoms with van der Waals surface area (Å²) in [6, 6.07) is 4.16. The molecule has 2 aromatic rings. The maximum Gasteiger partial charge on any atom is 0.185 e. The SMILES string of the molecule is O=Cc1ccc(-c2cc(F)cc(F)c2O)o1. The minimum atomic E-state index is -1.08. The molecule has 2 rings (SSSR count). The number of halogens is 2. The van der Waals surface area contributed by atoms with Crippen molar-refractivity contribution < 1.29 is 23.1 Å². The molecule has 0 atom stereocenters. The molecule has 1 aromatic heterocycles. The number of furan rings is 1. The van der Waals surface area contributed by atoms with E-state index in [0.29, 0.717) is 12.4 Å². The molecule has 0 fully saturated rings. The fourth-order valence-electron chi connectivity index (χ4n) is 1.31. The van der Waals surface area contributed by atoms with Gasteiger partial charge in [-0.3, -0.25) is 4.79 Å². The zero-order valence-corrected chi connectivity index (χ0v) is 7.91. The third-order valence-corrected chi connectivity index (χ3v) is 2.04. The fourth-order valence-corrected chi connectivity index (χ4v) is 1.31. The van der Waals surface area contributed by atoms with Gasteiger partial charge in [0.1, 0.15) is 11.6 Å². The molecule has 3 nitrogen and oxygen atoms in total. The third kappa shape index (κ3) is 1.67. The summed E-state index contributed by atoms with van der Waals surface area (Å²) in [5.41, 5.74) is -0.134. The van der Waals surface area contributed by atoms with Crippen molar-refractivity contribution in [2.24, 2.45) is 0 Å². The number of aldehydes is 1. The maximum atomic E-state index is 13.0. The summed E-state index contributed by atoms with van der Waals surface area (Å²) in [7, 11) is 0. The Morgan fingerprint density at radius 3 is 2.62 bits per heavy atom. The van der Waals surface area contributed by atoms with E-state index in [-0.39, 0.29) is 17.1 Å². The number of phenols is 1. The first kappa shape index (κ1) is 10.4. The molecule has 0 radical (unpaired) electrons. The Morgan fingerprint density at radius 2 is 2.00 bits per heavy atom. The Bertz CT molecular complexity index is 546. The van der Waals surface area contributed by atoms with Crippen molar-refractivity contribution in [3.8, 4) is 17.1 Å². The Kier molecular flexibility index (Phi) is 2.44. The van der Waals surface area contributed by atoms with Crippen LogP contribution >= 0.6 is 0 Å². The number of benzene rings is 1. The number of phenolic OH excluding ortho intramolecular Hbond substituents is 1. The van der Waals surface area contributed by atoms with E-state index in [1.165, 1.54) is 12.1 Å². The highest BCUT2D eigenvalue weighted by atomic mass is 19.1. The monoisotopic (exact) mass is 224 g/mol. The van der Waals surface area contributed by atoms with Gasteiger partial charge in [-0.25, -0.2) is 8.78 Å². The predicted octanol–water partition coefficient (Wildman–Crippen LogP) is 2.74. The lowest BCUT2D eigenvalue weighted by molar-refractivity contribution is 0.110. The van der Waals surface area contributed by atoms with Crippen LogP contribution in [-0.2, 0) is 0 Å². The van der Waals surface area contributed by atoms with E-state index < -0.39 is 17.4 Å². The highest BCUT2D eigenvalue weighted by Gasteiger charge is 2.14. The van der Waals surface area contributed by atoms with E-state index in [0.717, 1.165) is 6.07 Å². The van der Waals surface area contributed by atoms with E-state index in [9.17, 15) is 18.7 Å². The van der Waals surface area contributed by atoms with Crippen LogP contribution in [0.15, 0.2) is 28.7 Å². The minimum absolute atomic E-state index is 0.0130. The lowest BCUT2D eigenvalue weighted by Crippen LogP contribution is -1.85. The van der Waals surface area contributed by atoms with Crippen LogP contribution in [-0.4, -0.2) is 11.4 Å². The molecule has 0 amide bonds. The normalized spacial score (nSPS) is 10.4. The summed E-state index contributed by atoms with van der Waals surface area (Å²) in [5.74, 6) is -2.60. The molecule has 1 N–H and O–H groups in total. The van der Waals surface area contributed by atoms with Crippen molar-refractivity contribution >= 4 is 6.29 Å². The highest BCUT2D eigenvalue weighted by molar-refractivity contribution is 5.74. The summed E-state index contributed by atoms with van der Waals surface area (Å²) >= 11 is 0. The van der Waals surface area contributed by atoms with Crippen molar-refractivity contribution in [1.29, 1.82) is 0 Å². The van der Waals surface area contributed by atoms with Crippen LogP contribution in [0.25, 0.3) is 11.3 Å². The van der Waals surface area contributed by atoms with Gasteiger partial charge in [-0.1, -0.05) is 0 Å². The predicted molar refractivity (Wildman–Crippen MR) is 51.1 cm³/mol. The standard InChI is InChI=1S/C11H6F2O3/c12-6-3-8(11(15)9(13)4-6)10-2-1-7(5-14)16-10/h1-5,15H. The highest BCUT2D eigenvalue weighted by Crippen LogP contribution is 2.33. The smallest absolute Gasteiger partial charge is 0.185 e.